The van der Waals surface area contributed by atoms with Crippen LogP contribution in [-0.4, -0.2) is 22.8 Å². The van der Waals surface area contributed by atoms with Crippen LogP contribution in [0.5, 0.6) is 0 Å². The summed E-state index contributed by atoms with van der Waals surface area (Å²) in [6.07, 6.45) is 1.21. The topological polar surface area (TPSA) is 49.4 Å². The first-order valence-electron chi connectivity index (χ1n) is 7.81. The summed E-state index contributed by atoms with van der Waals surface area (Å²) < 4.78 is 14.3. The zero-order valence-electron chi connectivity index (χ0n) is 13.7. The molecule has 1 aromatic rings. The van der Waals surface area contributed by atoms with Crippen molar-refractivity contribution in [2.75, 3.05) is 0 Å². The molecule has 3 rings (SSSR count). The standard InChI is InChI=1S/C18H21FN2O2/c1-10-5-6-15(16(22)20-10)21-9-11-7-13(18(2,3)4)14(19)8-12(11)17(21)23/h7-8,15H,1,5-6,9H2,2-4H3,(H,20,22). The maximum Gasteiger partial charge on any atom is 0.255 e. The van der Waals surface area contributed by atoms with Gasteiger partial charge in [-0.3, -0.25) is 9.59 Å². The molecule has 0 aliphatic carbocycles. The highest BCUT2D eigenvalue weighted by Crippen LogP contribution is 2.33. The van der Waals surface area contributed by atoms with Crippen molar-refractivity contribution in [2.45, 2.75) is 51.6 Å². The number of nitrogens with one attached hydrogen (secondary N) is 1. The van der Waals surface area contributed by atoms with E-state index in [1.807, 2.05) is 20.8 Å². The van der Waals surface area contributed by atoms with Crippen molar-refractivity contribution in [1.29, 1.82) is 0 Å². The Kier molecular flexibility index (Phi) is 3.54. The van der Waals surface area contributed by atoms with Crippen LogP contribution in [0.2, 0.25) is 0 Å². The van der Waals surface area contributed by atoms with Crippen LogP contribution in [0.4, 0.5) is 4.39 Å². The summed E-state index contributed by atoms with van der Waals surface area (Å²) in [5, 5.41) is 2.70. The maximum atomic E-state index is 14.3. The van der Waals surface area contributed by atoms with Gasteiger partial charge >= 0.3 is 0 Å². The quantitative estimate of drug-likeness (QED) is 0.866. The van der Waals surface area contributed by atoms with E-state index in [1.54, 1.807) is 6.07 Å². The fourth-order valence-electron chi connectivity index (χ4n) is 3.24. The maximum absolute atomic E-state index is 14.3. The highest BCUT2D eigenvalue weighted by atomic mass is 19.1. The Balaban J connectivity index is 1.93. The molecule has 122 valence electrons. The van der Waals surface area contributed by atoms with Gasteiger partial charge in [-0.15, -0.1) is 0 Å². The predicted molar refractivity (Wildman–Crippen MR) is 85.3 cm³/mol. The van der Waals surface area contributed by atoms with Gasteiger partial charge in [0.15, 0.2) is 0 Å². The lowest BCUT2D eigenvalue weighted by molar-refractivity contribution is -0.126. The predicted octanol–water partition coefficient (Wildman–Crippen LogP) is 2.87. The first kappa shape index (κ1) is 15.7. The molecule has 1 saturated heterocycles. The van der Waals surface area contributed by atoms with Gasteiger partial charge in [-0.05, 0) is 41.5 Å². The average Bonchev–Trinajstić information content (AvgIpc) is 2.74. The molecule has 0 saturated carbocycles. The van der Waals surface area contributed by atoms with E-state index in [4.69, 9.17) is 0 Å². The molecule has 1 atom stereocenters. The molecule has 5 heteroatoms. The number of nitrogens with zero attached hydrogens (tertiary/aromatic N) is 1. The summed E-state index contributed by atoms with van der Waals surface area (Å²) in [6.45, 7) is 9.91. The van der Waals surface area contributed by atoms with Crippen LogP contribution in [0.25, 0.3) is 0 Å². The molecule has 0 aromatic heterocycles. The molecule has 2 aliphatic heterocycles. The van der Waals surface area contributed by atoms with Crippen molar-refractivity contribution in [3.05, 3.63) is 46.9 Å². The Morgan fingerprint density at radius 2 is 2.00 bits per heavy atom. The van der Waals surface area contributed by atoms with Gasteiger partial charge < -0.3 is 10.2 Å². The Labute approximate surface area is 135 Å². The highest BCUT2D eigenvalue weighted by molar-refractivity contribution is 6.01. The smallest absolute Gasteiger partial charge is 0.255 e. The lowest BCUT2D eigenvalue weighted by Crippen LogP contribution is -2.49. The van der Waals surface area contributed by atoms with Crippen LogP contribution in [0.1, 0.15) is 55.1 Å². The van der Waals surface area contributed by atoms with Crippen molar-refractivity contribution in [3.63, 3.8) is 0 Å². The number of rotatable bonds is 1. The summed E-state index contributed by atoms with van der Waals surface area (Å²) in [7, 11) is 0. The second-order valence-electron chi connectivity index (χ2n) is 7.32. The van der Waals surface area contributed by atoms with Gasteiger partial charge in [-0.2, -0.15) is 0 Å². The van der Waals surface area contributed by atoms with E-state index in [9.17, 15) is 14.0 Å². The number of carbonyl (C=O) groups excluding carboxylic acids is 2. The monoisotopic (exact) mass is 316 g/mol. The zero-order valence-corrected chi connectivity index (χ0v) is 13.7. The number of piperidine rings is 1. The van der Waals surface area contributed by atoms with Crippen LogP contribution < -0.4 is 5.32 Å². The van der Waals surface area contributed by atoms with Crippen molar-refractivity contribution in [2.24, 2.45) is 0 Å². The summed E-state index contributed by atoms with van der Waals surface area (Å²) in [6, 6.07) is 2.57. The molecule has 23 heavy (non-hydrogen) atoms. The average molecular weight is 316 g/mol. The summed E-state index contributed by atoms with van der Waals surface area (Å²) in [5.74, 6) is -0.848. The summed E-state index contributed by atoms with van der Waals surface area (Å²) in [4.78, 5) is 26.3. The van der Waals surface area contributed by atoms with Crippen LogP contribution in [0, 0.1) is 5.82 Å². The Morgan fingerprint density at radius 3 is 2.61 bits per heavy atom. The molecular formula is C18H21FN2O2. The fraction of sp³-hybridized carbons (Fsp3) is 0.444. The van der Waals surface area contributed by atoms with Crippen LogP contribution >= 0.6 is 0 Å². The molecule has 2 aliphatic rings. The number of hydrogen-bond acceptors (Lipinski definition) is 2. The highest BCUT2D eigenvalue weighted by Gasteiger charge is 2.39. The van der Waals surface area contributed by atoms with E-state index in [2.05, 4.69) is 11.9 Å². The minimum atomic E-state index is -0.512. The molecule has 1 aromatic carbocycles. The second-order valence-corrected chi connectivity index (χ2v) is 7.32. The molecular weight excluding hydrogens is 295 g/mol. The number of benzene rings is 1. The normalized spacial score (nSPS) is 21.5. The molecule has 0 radical (unpaired) electrons. The van der Waals surface area contributed by atoms with Crippen LogP contribution in [0.15, 0.2) is 24.4 Å². The largest absolute Gasteiger partial charge is 0.329 e. The number of halogens is 1. The number of fused-ring (bicyclic) bond motifs is 1. The number of allylic oxidation sites excluding steroid dienone is 1. The number of hydrogen-bond donors (Lipinski definition) is 1. The summed E-state index contributed by atoms with van der Waals surface area (Å²) >= 11 is 0. The van der Waals surface area contributed by atoms with Gasteiger partial charge in [0.1, 0.15) is 11.9 Å². The van der Waals surface area contributed by atoms with Crippen molar-refractivity contribution in [1.82, 2.24) is 10.2 Å². The van der Waals surface area contributed by atoms with Crippen molar-refractivity contribution < 1.29 is 14.0 Å². The lowest BCUT2D eigenvalue weighted by atomic mass is 9.85. The second kappa shape index (κ2) is 5.18. The third kappa shape index (κ3) is 2.64. The van der Waals surface area contributed by atoms with Crippen molar-refractivity contribution in [3.8, 4) is 0 Å². The Bertz CT molecular complexity index is 718. The first-order valence-corrected chi connectivity index (χ1v) is 7.81. The van der Waals surface area contributed by atoms with Gasteiger partial charge in [0, 0.05) is 17.8 Å². The fourth-order valence-corrected chi connectivity index (χ4v) is 3.24. The molecule has 1 N–H and O–H groups in total. The molecule has 1 unspecified atom stereocenters. The van der Waals surface area contributed by atoms with E-state index < -0.39 is 6.04 Å². The lowest BCUT2D eigenvalue weighted by Gasteiger charge is -2.30. The Hall–Kier alpha value is -2.17. The van der Waals surface area contributed by atoms with E-state index in [-0.39, 0.29) is 23.0 Å². The third-order valence-corrected chi connectivity index (χ3v) is 4.53. The minimum Gasteiger partial charge on any atom is -0.329 e. The van der Waals surface area contributed by atoms with Gasteiger partial charge in [0.05, 0.1) is 0 Å². The number of amides is 2. The third-order valence-electron chi connectivity index (χ3n) is 4.53. The van der Waals surface area contributed by atoms with E-state index in [0.29, 0.717) is 36.2 Å². The molecule has 0 spiro atoms. The minimum absolute atomic E-state index is 0.209. The SMILES string of the molecule is C=C1CCC(N2Cc3cc(C(C)(C)C)c(F)cc3C2=O)C(=O)N1. The molecule has 0 bridgehead atoms. The molecule has 1 fully saturated rings. The van der Waals surface area contributed by atoms with Gasteiger partial charge in [-0.25, -0.2) is 4.39 Å². The van der Waals surface area contributed by atoms with Crippen molar-refractivity contribution >= 4 is 11.8 Å². The van der Waals surface area contributed by atoms with Crippen LogP contribution in [0.3, 0.4) is 0 Å². The Morgan fingerprint density at radius 1 is 1.30 bits per heavy atom. The van der Waals surface area contributed by atoms with E-state index >= 15 is 0 Å². The first-order chi connectivity index (χ1) is 10.7. The molecule has 4 nitrogen and oxygen atoms in total. The summed E-state index contributed by atoms with van der Waals surface area (Å²) in [5.41, 5.74) is 2.09. The molecule has 2 heterocycles. The molecule has 2 amide bonds. The van der Waals surface area contributed by atoms with Gasteiger partial charge in [0.2, 0.25) is 5.91 Å². The van der Waals surface area contributed by atoms with Gasteiger partial charge in [-0.1, -0.05) is 27.4 Å². The van der Waals surface area contributed by atoms with E-state index in [1.165, 1.54) is 11.0 Å². The van der Waals surface area contributed by atoms with Gasteiger partial charge in [0.25, 0.3) is 5.91 Å². The zero-order chi connectivity index (χ0) is 16.9. The van der Waals surface area contributed by atoms with Crippen LogP contribution in [-0.2, 0) is 16.8 Å². The number of carbonyl (C=O) groups is 2. The van der Waals surface area contributed by atoms with E-state index in [0.717, 1.165) is 5.56 Å².